The van der Waals surface area contributed by atoms with Crippen LogP contribution in [0.5, 0.6) is 0 Å². The van der Waals surface area contributed by atoms with Gasteiger partial charge in [-0.15, -0.1) is 0 Å². The summed E-state index contributed by atoms with van der Waals surface area (Å²) in [5, 5.41) is 0. The molecule has 3 rings (SSSR count). The minimum atomic E-state index is -0.261. The van der Waals surface area contributed by atoms with E-state index in [2.05, 4.69) is 43.5 Å². The molecule has 0 spiro atoms. The lowest BCUT2D eigenvalue weighted by atomic mass is 10.00. The van der Waals surface area contributed by atoms with Gasteiger partial charge in [-0.25, -0.2) is 9.78 Å². The Morgan fingerprint density at radius 1 is 1.38 bits per heavy atom. The third kappa shape index (κ3) is 3.43. The first-order chi connectivity index (χ1) is 12.5. The topological polar surface area (TPSA) is 56.6 Å². The first-order valence-electron chi connectivity index (χ1n) is 9.39. The van der Waals surface area contributed by atoms with E-state index in [1.165, 1.54) is 5.56 Å². The Morgan fingerprint density at radius 2 is 2.15 bits per heavy atom. The van der Waals surface area contributed by atoms with Crippen LogP contribution in [0.4, 0.5) is 4.79 Å². The maximum atomic E-state index is 12.1. The lowest BCUT2D eigenvalue weighted by molar-refractivity contribution is -0.00634. The van der Waals surface area contributed by atoms with Crippen molar-refractivity contribution < 1.29 is 14.3 Å². The Morgan fingerprint density at radius 3 is 2.81 bits per heavy atom. The molecule has 1 saturated heterocycles. The van der Waals surface area contributed by atoms with Crippen LogP contribution in [0, 0.1) is 6.92 Å². The summed E-state index contributed by atoms with van der Waals surface area (Å²) in [5.74, 6) is 1.38. The zero-order valence-corrected chi connectivity index (χ0v) is 16.4. The fraction of sp³-hybridized carbons (Fsp3) is 0.600. The van der Waals surface area contributed by atoms with Gasteiger partial charge in [0.15, 0.2) is 0 Å². The number of piperidine rings is 1. The number of aryl methyl sites for hydroxylation is 1. The zero-order chi connectivity index (χ0) is 18.8. The second kappa shape index (κ2) is 7.66. The van der Waals surface area contributed by atoms with Gasteiger partial charge in [0.05, 0.1) is 36.3 Å². The third-order valence-electron chi connectivity index (χ3n) is 5.07. The highest BCUT2D eigenvalue weighted by Gasteiger charge is 2.35. The van der Waals surface area contributed by atoms with Crippen LogP contribution in [0.1, 0.15) is 50.5 Å². The van der Waals surface area contributed by atoms with Gasteiger partial charge in [-0.2, -0.15) is 0 Å². The molecule has 0 N–H and O–H groups in total. The maximum absolute atomic E-state index is 12.1. The highest BCUT2D eigenvalue weighted by molar-refractivity contribution is 5.77. The van der Waals surface area contributed by atoms with Crippen LogP contribution < -0.4 is 0 Å². The standard InChI is InChI=1S/C20H29N3O3/c1-6-26-20(24)22-10-9-17(18(12-22)25-5)23-16-8-7-14(4)11-15(16)21-19(23)13(2)3/h7-8,11,13,17-18H,6,9-10,12H2,1-5H3. The average molecular weight is 359 g/mol. The molecule has 0 saturated carbocycles. The number of fused-ring (bicyclic) bond motifs is 1. The van der Waals surface area contributed by atoms with Gasteiger partial charge in [-0.1, -0.05) is 19.9 Å². The van der Waals surface area contributed by atoms with Gasteiger partial charge in [0, 0.05) is 19.6 Å². The highest BCUT2D eigenvalue weighted by Crippen LogP contribution is 2.33. The molecule has 1 amide bonds. The number of methoxy groups -OCH3 is 1. The number of rotatable bonds is 4. The van der Waals surface area contributed by atoms with Crippen molar-refractivity contribution in [1.82, 2.24) is 14.5 Å². The summed E-state index contributed by atoms with van der Waals surface area (Å²) in [6, 6.07) is 6.55. The van der Waals surface area contributed by atoms with Crippen molar-refractivity contribution in [1.29, 1.82) is 0 Å². The smallest absolute Gasteiger partial charge is 0.409 e. The molecular weight excluding hydrogens is 330 g/mol. The van der Waals surface area contributed by atoms with E-state index in [0.717, 1.165) is 23.3 Å². The summed E-state index contributed by atoms with van der Waals surface area (Å²) in [4.78, 5) is 18.8. The quantitative estimate of drug-likeness (QED) is 0.831. The number of carbonyl (C=O) groups is 1. The van der Waals surface area contributed by atoms with Crippen molar-refractivity contribution in [2.45, 2.75) is 52.2 Å². The van der Waals surface area contributed by atoms with Gasteiger partial charge in [-0.05, 0) is 38.0 Å². The van der Waals surface area contributed by atoms with E-state index in [4.69, 9.17) is 14.5 Å². The Balaban J connectivity index is 1.97. The zero-order valence-electron chi connectivity index (χ0n) is 16.4. The van der Waals surface area contributed by atoms with Crippen LogP contribution in [0.25, 0.3) is 11.0 Å². The Hall–Kier alpha value is -2.08. The number of amides is 1. The van der Waals surface area contributed by atoms with Gasteiger partial charge in [-0.3, -0.25) is 0 Å². The second-order valence-corrected chi connectivity index (χ2v) is 7.26. The summed E-state index contributed by atoms with van der Waals surface area (Å²) in [6.45, 7) is 9.82. The molecule has 0 aliphatic carbocycles. The number of imidazole rings is 1. The lowest BCUT2D eigenvalue weighted by Crippen LogP contribution is -2.48. The molecule has 2 aromatic rings. The van der Waals surface area contributed by atoms with Crippen LogP contribution in [-0.4, -0.2) is 53.5 Å². The molecule has 6 nitrogen and oxygen atoms in total. The van der Waals surface area contributed by atoms with Gasteiger partial charge in [0.2, 0.25) is 0 Å². The monoisotopic (exact) mass is 359 g/mol. The molecular formula is C20H29N3O3. The second-order valence-electron chi connectivity index (χ2n) is 7.26. The van der Waals surface area contributed by atoms with Crippen LogP contribution in [0.2, 0.25) is 0 Å². The van der Waals surface area contributed by atoms with Crippen LogP contribution in [0.15, 0.2) is 18.2 Å². The predicted octanol–water partition coefficient (Wildman–Crippen LogP) is 3.89. The van der Waals surface area contributed by atoms with Crippen molar-refractivity contribution in [3.63, 3.8) is 0 Å². The number of carbonyl (C=O) groups excluding carboxylic acids is 1. The third-order valence-corrected chi connectivity index (χ3v) is 5.07. The Labute approximate surface area is 155 Å². The summed E-state index contributed by atoms with van der Waals surface area (Å²) in [7, 11) is 1.71. The number of nitrogens with zero attached hydrogens (tertiary/aromatic N) is 3. The molecule has 1 fully saturated rings. The molecule has 0 radical (unpaired) electrons. The molecule has 2 unspecified atom stereocenters. The summed E-state index contributed by atoms with van der Waals surface area (Å²) in [5.41, 5.74) is 3.37. The largest absolute Gasteiger partial charge is 0.450 e. The highest BCUT2D eigenvalue weighted by atomic mass is 16.6. The Kier molecular flexibility index (Phi) is 5.51. The first-order valence-corrected chi connectivity index (χ1v) is 9.39. The molecule has 1 aliphatic heterocycles. The van der Waals surface area contributed by atoms with Gasteiger partial charge < -0.3 is 18.9 Å². The minimum Gasteiger partial charge on any atom is -0.450 e. The molecule has 2 heterocycles. The number of ether oxygens (including phenoxy) is 2. The molecule has 1 aromatic heterocycles. The summed E-state index contributed by atoms with van der Waals surface area (Å²) >= 11 is 0. The van der Waals surface area contributed by atoms with Gasteiger partial charge >= 0.3 is 6.09 Å². The van der Waals surface area contributed by atoms with Crippen LogP contribution in [-0.2, 0) is 9.47 Å². The van der Waals surface area contributed by atoms with Crippen molar-refractivity contribution >= 4 is 17.1 Å². The van der Waals surface area contributed by atoms with E-state index < -0.39 is 0 Å². The van der Waals surface area contributed by atoms with Gasteiger partial charge in [0.1, 0.15) is 5.82 Å². The molecule has 142 valence electrons. The summed E-state index contributed by atoms with van der Waals surface area (Å²) < 4.78 is 13.3. The molecule has 1 aliphatic rings. The van der Waals surface area contributed by atoms with Crippen LogP contribution >= 0.6 is 0 Å². The number of hydrogen-bond acceptors (Lipinski definition) is 4. The molecule has 6 heteroatoms. The Bertz CT molecular complexity index is 784. The summed E-state index contributed by atoms with van der Waals surface area (Å²) in [6.07, 6.45) is 0.462. The number of likely N-dealkylation sites (tertiary alicyclic amines) is 1. The molecule has 26 heavy (non-hydrogen) atoms. The van der Waals surface area contributed by atoms with E-state index in [-0.39, 0.29) is 18.2 Å². The molecule has 2 atom stereocenters. The fourth-order valence-corrected chi connectivity index (χ4v) is 3.79. The van der Waals surface area contributed by atoms with Gasteiger partial charge in [0.25, 0.3) is 0 Å². The normalized spacial score (nSPS) is 20.8. The maximum Gasteiger partial charge on any atom is 0.409 e. The average Bonchev–Trinajstić information content (AvgIpc) is 2.99. The number of aromatic nitrogens is 2. The van der Waals surface area contributed by atoms with Crippen molar-refractivity contribution in [3.05, 3.63) is 29.6 Å². The SMILES string of the molecule is CCOC(=O)N1CCC(n2c(C(C)C)nc3cc(C)ccc32)C(OC)C1. The molecule has 0 bridgehead atoms. The molecule has 1 aromatic carbocycles. The van der Waals surface area contributed by atoms with Crippen molar-refractivity contribution in [2.75, 3.05) is 26.8 Å². The fourth-order valence-electron chi connectivity index (χ4n) is 3.79. The van der Waals surface area contributed by atoms with E-state index in [0.29, 0.717) is 25.6 Å². The van der Waals surface area contributed by atoms with E-state index in [9.17, 15) is 4.79 Å². The van der Waals surface area contributed by atoms with Crippen LogP contribution in [0.3, 0.4) is 0 Å². The predicted molar refractivity (Wildman–Crippen MR) is 102 cm³/mol. The van der Waals surface area contributed by atoms with E-state index in [1.54, 1.807) is 12.0 Å². The van der Waals surface area contributed by atoms with Crippen molar-refractivity contribution in [2.24, 2.45) is 0 Å². The van der Waals surface area contributed by atoms with Crippen molar-refractivity contribution in [3.8, 4) is 0 Å². The lowest BCUT2D eigenvalue weighted by Gasteiger charge is -2.38. The number of benzene rings is 1. The minimum absolute atomic E-state index is 0.0932. The first kappa shape index (κ1) is 18.7. The number of hydrogen-bond donors (Lipinski definition) is 0. The van der Waals surface area contributed by atoms with E-state index in [1.807, 2.05) is 6.92 Å². The van der Waals surface area contributed by atoms with E-state index >= 15 is 0 Å².